The van der Waals surface area contributed by atoms with E-state index in [0.29, 0.717) is 12.3 Å². The minimum Gasteiger partial charge on any atom is -0.346 e. The fourth-order valence-corrected chi connectivity index (χ4v) is 2.01. The molecule has 0 fully saturated rings. The second kappa shape index (κ2) is 11.9. The van der Waals surface area contributed by atoms with Crippen molar-refractivity contribution in [2.75, 3.05) is 13.6 Å². The van der Waals surface area contributed by atoms with Crippen molar-refractivity contribution >= 4 is 5.91 Å². The quantitative estimate of drug-likeness (QED) is 0.491. The molecule has 0 aromatic heterocycles. The first-order chi connectivity index (χ1) is 8.22. The van der Waals surface area contributed by atoms with Crippen molar-refractivity contribution in [3.8, 4) is 0 Å². The van der Waals surface area contributed by atoms with Gasteiger partial charge in [0.2, 0.25) is 5.91 Å². The van der Waals surface area contributed by atoms with Crippen LogP contribution in [0.2, 0.25) is 0 Å². The van der Waals surface area contributed by atoms with E-state index in [-0.39, 0.29) is 0 Å². The van der Waals surface area contributed by atoms with Gasteiger partial charge >= 0.3 is 0 Å². The lowest BCUT2D eigenvalue weighted by atomic mass is 10.1. The smallest absolute Gasteiger partial charge is 0.222 e. The molecule has 2 nitrogen and oxygen atoms in total. The molecule has 0 N–H and O–H groups in total. The van der Waals surface area contributed by atoms with Crippen molar-refractivity contribution in [1.29, 1.82) is 0 Å². The molecule has 0 saturated heterocycles. The predicted octanol–water partition coefficient (Wildman–Crippen LogP) is 4.39. The maximum atomic E-state index is 11.5. The van der Waals surface area contributed by atoms with Gasteiger partial charge in [-0.25, -0.2) is 0 Å². The Hall–Kier alpha value is -0.530. The second-order valence-corrected chi connectivity index (χ2v) is 5.04. The lowest BCUT2D eigenvalue weighted by molar-refractivity contribution is -0.129. The Kier molecular flexibility index (Phi) is 11.6. The zero-order valence-corrected chi connectivity index (χ0v) is 12.1. The fraction of sp³-hybridized carbons (Fsp3) is 0.933. The molecular formula is C15H31NO. The van der Waals surface area contributed by atoms with Crippen LogP contribution in [0.1, 0.15) is 78.1 Å². The summed E-state index contributed by atoms with van der Waals surface area (Å²) >= 11 is 0. The summed E-state index contributed by atoms with van der Waals surface area (Å²) in [6.07, 6.45) is 12.3. The van der Waals surface area contributed by atoms with Crippen molar-refractivity contribution in [1.82, 2.24) is 4.90 Å². The molecule has 0 radical (unpaired) electrons. The highest BCUT2D eigenvalue weighted by molar-refractivity contribution is 5.75. The van der Waals surface area contributed by atoms with Crippen molar-refractivity contribution < 1.29 is 4.79 Å². The Bertz CT molecular complexity index is 180. The van der Waals surface area contributed by atoms with E-state index in [0.717, 1.165) is 13.0 Å². The third kappa shape index (κ3) is 10.3. The molecule has 0 bridgehead atoms. The summed E-state index contributed by atoms with van der Waals surface area (Å²) < 4.78 is 0. The van der Waals surface area contributed by atoms with Gasteiger partial charge in [0.25, 0.3) is 0 Å². The van der Waals surface area contributed by atoms with Crippen LogP contribution in [0.25, 0.3) is 0 Å². The average molecular weight is 241 g/mol. The van der Waals surface area contributed by atoms with Gasteiger partial charge in [0.05, 0.1) is 0 Å². The Morgan fingerprint density at radius 1 is 0.824 bits per heavy atom. The Balaban J connectivity index is 3.24. The SMILES string of the molecule is CCCCCCCCCCN(C)C(=O)CCC. The van der Waals surface area contributed by atoms with Crippen LogP contribution in [0, 0.1) is 0 Å². The van der Waals surface area contributed by atoms with E-state index in [4.69, 9.17) is 0 Å². The molecule has 0 unspecified atom stereocenters. The number of carbonyl (C=O) groups is 1. The van der Waals surface area contributed by atoms with Crippen LogP contribution in [-0.4, -0.2) is 24.4 Å². The van der Waals surface area contributed by atoms with Gasteiger partial charge in [-0.15, -0.1) is 0 Å². The summed E-state index contributed by atoms with van der Waals surface area (Å²) in [7, 11) is 1.93. The van der Waals surface area contributed by atoms with E-state index in [9.17, 15) is 4.79 Å². The predicted molar refractivity (Wildman–Crippen MR) is 75.2 cm³/mol. The van der Waals surface area contributed by atoms with Gasteiger partial charge in [-0.1, -0.05) is 58.8 Å². The molecule has 1 amide bonds. The molecule has 0 aromatic rings. The number of rotatable bonds is 11. The van der Waals surface area contributed by atoms with Crippen molar-refractivity contribution in [2.24, 2.45) is 0 Å². The Morgan fingerprint density at radius 3 is 1.88 bits per heavy atom. The first-order valence-corrected chi connectivity index (χ1v) is 7.46. The number of hydrogen-bond acceptors (Lipinski definition) is 1. The van der Waals surface area contributed by atoms with E-state index in [1.54, 1.807) is 0 Å². The van der Waals surface area contributed by atoms with Crippen LogP contribution in [0.15, 0.2) is 0 Å². The fourth-order valence-electron chi connectivity index (χ4n) is 2.01. The van der Waals surface area contributed by atoms with Gasteiger partial charge in [0.15, 0.2) is 0 Å². The molecule has 0 aliphatic carbocycles. The van der Waals surface area contributed by atoms with Crippen LogP contribution in [-0.2, 0) is 4.79 Å². The molecule has 0 heterocycles. The number of carbonyl (C=O) groups excluding carboxylic acids is 1. The largest absolute Gasteiger partial charge is 0.346 e. The van der Waals surface area contributed by atoms with Gasteiger partial charge in [0.1, 0.15) is 0 Å². The zero-order valence-electron chi connectivity index (χ0n) is 12.1. The number of hydrogen-bond donors (Lipinski definition) is 0. The summed E-state index contributed by atoms with van der Waals surface area (Å²) in [5, 5.41) is 0. The first-order valence-electron chi connectivity index (χ1n) is 7.46. The molecule has 0 aliphatic heterocycles. The maximum absolute atomic E-state index is 11.5. The third-order valence-electron chi connectivity index (χ3n) is 3.24. The summed E-state index contributed by atoms with van der Waals surface area (Å²) in [5.74, 6) is 0.301. The molecule has 0 atom stereocenters. The van der Waals surface area contributed by atoms with Gasteiger partial charge in [-0.3, -0.25) is 4.79 Å². The molecule has 0 saturated carbocycles. The van der Waals surface area contributed by atoms with Gasteiger partial charge in [-0.05, 0) is 12.8 Å². The highest BCUT2D eigenvalue weighted by Crippen LogP contribution is 2.08. The van der Waals surface area contributed by atoms with Crippen LogP contribution in [0.3, 0.4) is 0 Å². The summed E-state index contributed by atoms with van der Waals surface area (Å²) in [5.41, 5.74) is 0. The van der Waals surface area contributed by atoms with Crippen LogP contribution < -0.4 is 0 Å². The van der Waals surface area contributed by atoms with E-state index in [1.807, 2.05) is 11.9 Å². The van der Waals surface area contributed by atoms with Gasteiger partial charge in [0, 0.05) is 20.0 Å². The standard InChI is InChI=1S/C15H31NO/c1-4-6-7-8-9-10-11-12-14-16(3)15(17)13-5-2/h4-14H2,1-3H3. The van der Waals surface area contributed by atoms with Crippen LogP contribution in [0.4, 0.5) is 0 Å². The molecular weight excluding hydrogens is 210 g/mol. The lowest BCUT2D eigenvalue weighted by Crippen LogP contribution is -2.27. The molecule has 0 spiro atoms. The molecule has 0 rings (SSSR count). The second-order valence-electron chi connectivity index (χ2n) is 5.04. The summed E-state index contributed by atoms with van der Waals surface area (Å²) in [6, 6.07) is 0. The van der Waals surface area contributed by atoms with Crippen molar-refractivity contribution in [2.45, 2.75) is 78.1 Å². The molecule has 2 heteroatoms. The van der Waals surface area contributed by atoms with Crippen molar-refractivity contribution in [3.05, 3.63) is 0 Å². The normalized spacial score (nSPS) is 10.5. The Labute approximate surface area is 108 Å². The van der Waals surface area contributed by atoms with E-state index < -0.39 is 0 Å². The molecule has 17 heavy (non-hydrogen) atoms. The van der Waals surface area contributed by atoms with Gasteiger partial charge < -0.3 is 4.90 Å². The summed E-state index contributed by atoms with van der Waals surface area (Å²) in [6.45, 7) is 5.25. The lowest BCUT2D eigenvalue weighted by Gasteiger charge is -2.16. The third-order valence-corrected chi connectivity index (χ3v) is 3.24. The summed E-state index contributed by atoms with van der Waals surface area (Å²) in [4.78, 5) is 13.4. The number of unbranched alkanes of at least 4 members (excludes halogenated alkanes) is 7. The molecule has 0 aromatic carbocycles. The van der Waals surface area contributed by atoms with Crippen LogP contribution in [0.5, 0.6) is 0 Å². The average Bonchev–Trinajstić information content (AvgIpc) is 2.32. The minimum atomic E-state index is 0.301. The number of nitrogens with zero attached hydrogens (tertiary/aromatic N) is 1. The van der Waals surface area contributed by atoms with Crippen LogP contribution >= 0.6 is 0 Å². The van der Waals surface area contributed by atoms with E-state index >= 15 is 0 Å². The zero-order chi connectivity index (χ0) is 12.9. The first kappa shape index (κ1) is 16.5. The molecule has 102 valence electrons. The Morgan fingerprint density at radius 2 is 1.35 bits per heavy atom. The maximum Gasteiger partial charge on any atom is 0.222 e. The minimum absolute atomic E-state index is 0.301. The number of amides is 1. The van der Waals surface area contributed by atoms with E-state index in [2.05, 4.69) is 13.8 Å². The van der Waals surface area contributed by atoms with E-state index in [1.165, 1.54) is 51.4 Å². The molecule has 0 aliphatic rings. The van der Waals surface area contributed by atoms with Gasteiger partial charge in [-0.2, -0.15) is 0 Å². The monoisotopic (exact) mass is 241 g/mol. The topological polar surface area (TPSA) is 20.3 Å². The highest BCUT2D eigenvalue weighted by atomic mass is 16.2. The highest BCUT2D eigenvalue weighted by Gasteiger charge is 2.05. The van der Waals surface area contributed by atoms with Crippen molar-refractivity contribution in [3.63, 3.8) is 0 Å².